The minimum absolute atomic E-state index is 0.281. The van der Waals surface area contributed by atoms with Crippen LogP contribution in [0.1, 0.15) is 22.2 Å². The maximum absolute atomic E-state index is 11.8. The first kappa shape index (κ1) is 15.0. The molecule has 1 heterocycles. The topological polar surface area (TPSA) is 57.2 Å². The van der Waals surface area contributed by atoms with Crippen molar-refractivity contribution in [2.45, 2.75) is 13.8 Å². The van der Waals surface area contributed by atoms with Crippen LogP contribution in [0.5, 0.6) is 0 Å². The van der Waals surface area contributed by atoms with Gasteiger partial charge in [-0.05, 0) is 43.8 Å². The number of carbonyl (C=O) groups is 1. The third-order valence-electron chi connectivity index (χ3n) is 2.79. The van der Waals surface area contributed by atoms with E-state index in [0.29, 0.717) is 20.5 Å². The second kappa shape index (κ2) is 5.95. The van der Waals surface area contributed by atoms with E-state index in [-0.39, 0.29) is 5.82 Å². The average Bonchev–Trinajstić information content (AvgIpc) is 2.69. The zero-order valence-corrected chi connectivity index (χ0v) is 13.4. The zero-order chi connectivity index (χ0) is 14.9. The van der Waals surface area contributed by atoms with E-state index in [0.717, 1.165) is 22.6 Å². The summed E-state index contributed by atoms with van der Waals surface area (Å²) in [5.41, 5.74) is 7.67. The van der Waals surface area contributed by atoms with Crippen LogP contribution in [0, 0.1) is 10.9 Å². The zero-order valence-electron chi connectivity index (χ0n) is 11.0. The van der Waals surface area contributed by atoms with Crippen LogP contribution in [0.15, 0.2) is 18.2 Å². The molecule has 1 aromatic carbocycles. The van der Waals surface area contributed by atoms with Crippen molar-refractivity contribution in [1.82, 2.24) is 4.57 Å². The summed E-state index contributed by atoms with van der Waals surface area (Å²) < 4.78 is 7.10. The maximum atomic E-state index is 11.8. The predicted molar refractivity (Wildman–Crippen MR) is 84.6 cm³/mol. The van der Waals surface area contributed by atoms with Gasteiger partial charge in [0.2, 0.25) is 0 Å². The van der Waals surface area contributed by atoms with Crippen molar-refractivity contribution in [1.29, 1.82) is 0 Å². The van der Waals surface area contributed by atoms with E-state index >= 15 is 0 Å². The van der Waals surface area contributed by atoms with E-state index < -0.39 is 5.97 Å². The Kier molecular flexibility index (Phi) is 4.47. The second-order valence-corrected chi connectivity index (χ2v) is 6.07. The molecule has 4 nitrogen and oxygen atoms in total. The van der Waals surface area contributed by atoms with Crippen LogP contribution in [-0.4, -0.2) is 17.1 Å². The lowest BCUT2D eigenvalue weighted by molar-refractivity contribution is 0.0533. The van der Waals surface area contributed by atoms with E-state index in [2.05, 4.69) is 0 Å². The first-order valence-corrected chi connectivity index (χ1v) is 7.51. The van der Waals surface area contributed by atoms with E-state index in [4.69, 9.17) is 34.3 Å². The molecule has 7 heteroatoms. The number of nitrogen functional groups attached to an aromatic ring is 1. The number of ether oxygens (including phenoxy) is 1. The van der Waals surface area contributed by atoms with E-state index in [1.54, 1.807) is 17.6 Å². The Balaban J connectivity index is 2.62. The summed E-state index contributed by atoms with van der Waals surface area (Å²) in [5.74, 6) is -0.177. The van der Waals surface area contributed by atoms with Gasteiger partial charge in [0.25, 0.3) is 0 Å². The summed E-state index contributed by atoms with van der Waals surface area (Å²) >= 11 is 12.5. The lowest BCUT2D eigenvalue weighted by Gasteiger charge is -2.10. The molecule has 0 aliphatic carbocycles. The first-order chi connectivity index (χ1) is 9.47. The standard InChI is InChI=1S/C13H13ClN2O2S2/c1-3-18-12(17)10-11(15)16(13(19)20-10)9-6-4-5-8(14)7(9)2/h4-6H,3,15H2,1-2H3. The van der Waals surface area contributed by atoms with Gasteiger partial charge in [-0.3, -0.25) is 4.57 Å². The maximum Gasteiger partial charge on any atom is 0.352 e. The van der Waals surface area contributed by atoms with Gasteiger partial charge in [-0.2, -0.15) is 0 Å². The molecule has 0 spiro atoms. The Bertz CT molecular complexity index is 722. The molecular formula is C13H13ClN2O2S2. The fourth-order valence-electron chi connectivity index (χ4n) is 1.79. The first-order valence-electron chi connectivity index (χ1n) is 5.91. The molecule has 0 aliphatic heterocycles. The smallest absolute Gasteiger partial charge is 0.352 e. The number of rotatable bonds is 3. The lowest BCUT2D eigenvalue weighted by Crippen LogP contribution is -2.09. The molecule has 20 heavy (non-hydrogen) atoms. The number of carbonyl (C=O) groups excluding carboxylic acids is 1. The van der Waals surface area contributed by atoms with Crippen LogP contribution in [0.4, 0.5) is 5.82 Å². The summed E-state index contributed by atoms with van der Waals surface area (Å²) in [6.45, 7) is 3.91. The molecule has 0 amide bonds. The fourth-order valence-corrected chi connectivity index (χ4v) is 3.21. The Morgan fingerprint density at radius 2 is 2.25 bits per heavy atom. The fraction of sp³-hybridized carbons (Fsp3) is 0.231. The van der Waals surface area contributed by atoms with Crippen molar-refractivity contribution in [3.63, 3.8) is 0 Å². The highest BCUT2D eigenvalue weighted by Crippen LogP contribution is 2.30. The Morgan fingerprint density at radius 3 is 2.90 bits per heavy atom. The number of nitrogens with two attached hydrogens (primary N) is 1. The molecule has 0 bridgehead atoms. The number of benzene rings is 1. The van der Waals surface area contributed by atoms with Crippen molar-refractivity contribution < 1.29 is 9.53 Å². The van der Waals surface area contributed by atoms with Gasteiger partial charge in [0.1, 0.15) is 5.82 Å². The summed E-state index contributed by atoms with van der Waals surface area (Å²) in [4.78, 5) is 12.2. The van der Waals surface area contributed by atoms with Gasteiger partial charge in [-0.25, -0.2) is 4.79 Å². The quantitative estimate of drug-likeness (QED) is 0.683. The Labute approximate surface area is 130 Å². The van der Waals surface area contributed by atoms with Crippen LogP contribution in [0.3, 0.4) is 0 Å². The summed E-state index contributed by atoms with van der Waals surface area (Å²) in [5, 5.41) is 0.618. The predicted octanol–water partition coefficient (Wildman–Crippen LogP) is 3.99. The van der Waals surface area contributed by atoms with Crippen LogP contribution in [0.2, 0.25) is 5.02 Å². The number of hydrogen-bond acceptors (Lipinski definition) is 5. The third-order valence-corrected chi connectivity index (χ3v) is 4.57. The molecule has 0 unspecified atom stereocenters. The minimum Gasteiger partial charge on any atom is -0.462 e. The molecule has 0 saturated heterocycles. The molecule has 1 aromatic heterocycles. The highest BCUT2D eigenvalue weighted by molar-refractivity contribution is 7.73. The van der Waals surface area contributed by atoms with Gasteiger partial charge in [0.05, 0.1) is 12.3 Å². The van der Waals surface area contributed by atoms with Gasteiger partial charge in [0.15, 0.2) is 8.83 Å². The van der Waals surface area contributed by atoms with E-state index in [9.17, 15) is 4.79 Å². The van der Waals surface area contributed by atoms with Gasteiger partial charge in [0, 0.05) is 5.02 Å². The lowest BCUT2D eigenvalue weighted by atomic mass is 10.2. The van der Waals surface area contributed by atoms with Crippen LogP contribution >= 0.6 is 35.2 Å². The molecule has 0 aliphatic rings. The van der Waals surface area contributed by atoms with Crippen molar-refractivity contribution in [3.05, 3.63) is 37.6 Å². The van der Waals surface area contributed by atoms with Crippen molar-refractivity contribution in [3.8, 4) is 5.69 Å². The van der Waals surface area contributed by atoms with Gasteiger partial charge in [-0.15, -0.1) is 0 Å². The minimum atomic E-state index is -0.459. The summed E-state index contributed by atoms with van der Waals surface area (Å²) in [7, 11) is 0. The number of anilines is 1. The average molecular weight is 329 g/mol. The highest BCUT2D eigenvalue weighted by Gasteiger charge is 2.20. The number of nitrogens with zero attached hydrogens (tertiary/aromatic N) is 1. The summed E-state index contributed by atoms with van der Waals surface area (Å²) in [6.07, 6.45) is 0. The second-order valence-electron chi connectivity index (χ2n) is 4.02. The monoisotopic (exact) mass is 328 g/mol. The number of esters is 1. The van der Waals surface area contributed by atoms with Crippen LogP contribution < -0.4 is 5.73 Å². The van der Waals surface area contributed by atoms with Crippen molar-refractivity contribution in [2.24, 2.45) is 0 Å². The van der Waals surface area contributed by atoms with E-state index in [1.807, 2.05) is 19.1 Å². The number of hydrogen-bond donors (Lipinski definition) is 1. The largest absolute Gasteiger partial charge is 0.462 e. The van der Waals surface area contributed by atoms with Gasteiger partial charge in [-0.1, -0.05) is 29.0 Å². The Morgan fingerprint density at radius 1 is 1.55 bits per heavy atom. The third kappa shape index (κ3) is 2.59. The summed E-state index contributed by atoms with van der Waals surface area (Å²) in [6, 6.07) is 5.46. The van der Waals surface area contributed by atoms with E-state index in [1.165, 1.54) is 0 Å². The molecule has 0 saturated carbocycles. The molecule has 2 aromatic rings. The molecular weight excluding hydrogens is 316 g/mol. The molecule has 106 valence electrons. The van der Waals surface area contributed by atoms with Crippen LogP contribution in [-0.2, 0) is 4.74 Å². The molecule has 0 radical (unpaired) electrons. The molecule has 2 rings (SSSR count). The molecule has 0 fully saturated rings. The van der Waals surface area contributed by atoms with Gasteiger partial charge >= 0.3 is 5.97 Å². The normalized spacial score (nSPS) is 10.6. The van der Waals surface area contributed by atoms with Crippen LogP contribution in [0.25, 0.3) is 5.69 Å². The van der Waals surface area contributed by atoms with Crippen molar-refractivity contribution >= 4 is 46.9 Å². The SMILES string of the molecule is CCOC(=O)c1sc(=S)n(-c2cccc(Cl)c2C)c1N. The number of aromatic nitrogens is 1. The highest BCUT2D eigenvalue weighted by atomic mass is 35.5. The number of thiazole rings is 1. The van der Waals surface area contributed by atoms with Gasteiger partial charge < -0.3 is 10.5 Å². The number of halogens is 1. The molecule has 0 atom stereocenters. The Hall–Kier alpha value is -1.37. The molecule has 2 N–H and O–H groups in total. The van der Waals surface area contributed by atoms with Crippen molar-refractivity contribution in [2.75, 3.05) is 12.3 Å².